The molecule has 1 amide bonds. The van der Waals surface area contributed by atoms with Crippen LogP contribution in [0.15, 0.2) is 42.5 Å². The first-order valence-corrected chi connectivity index (χ1v) is 12.0. The van der Waals surface area contributed by atoms with Crippen molar-refractivity contribution < 1.29 is 4.79 Å². The Bertz CT molecular complexity index is 947. The summed E-state index contributed by atoms with van der Waals surface area (Å²) in [5.41, 5.74) is 3.22. The molecule has 172 valence electrons. The number of thiocarbonyl (C=S) groups is 1. The number of hydrogen-bond donors (Lipinski definition) is 3. The van der Waals surface area contributed by atoms with Gasteiger partial charge in [-0.3, -0.25) is 9.69 Å². The zero-order valence-corrected chi connectivity index (χ0v) is 20.8. The lowest BCUT2D eigenvalue weighted by Gasteiger charge is -2.32. The Kier molecular flexibility index (Phi) is 9.17. The number of halogens is 2. The molecule has 2 aromatic carbocycles. The van der Waals surface area contributed by atoms with Crippen LogP contribution in [0.1, 0.15) is 30.9 Å². The number of likely N-dealkylation sites (tertiary alicyclic amines) is 1. The lowest BCUT2D eigenvalue weighted by Crippen LogP contribution is -2.48. The third-order valence-corrected chi connectivity index (χ3v) is 6.64. The van der Waals surface area contributed by atoms with Crippen molar-refractivity contribution in [1.29, 1.82) is 0 Å². The average Bonchev–Trinajstić information content (AvgIpc) is 2.75. The van der Waals surface area contributed by atoms with Gasteiger partial charge in [-0.05, 0) is 93.3 Å². The summed E-state index contributed by atoms with van der Waals surface area (Å²) in [6, 6.07) is 13.3. The summed E-state index contributed by atoms with van der Waals surface area (Å²) >= 11 is 17.5. The summed E-state index contributed by atoms with van der Waals surface area (Å²) in [5, 5.41) is 10.9. The molecule has 1 saturated heterocycles. The van der Waals surface area contributed by atoms with Gasteiger partial charge in [-0.15, -0.1) is 0 Å². The lowest BCUT2D eigenvalue weighted by atomic mass is 9.96. The van der Waals surface area contributed by atoms with Crippen molar-refractivity contribution in [2.45, 2.75) is 39.3 Å². The molecule has 1 aliphatic heterocycles. The summed E-state index contributed by atoms with van der Waals surface area (Å²) in [4.78, 5) is 14.9. The number of rotatable bonds is 7. The van der Waals surface area contributed by atoms with E-state index in [9.17, 15) is 4.79 Å². The first-order chi connectivity index (χ1) is 15.3. The van der Waals surface area contributed by atoms with Crippen LogP contribution < -0.4 is 16.0 Å². The molecule has 8 heteroatoms. The molecule has 3 rings (SSSR count). The third-order valence-electron chi connectivity index (χ3n) is 5.68. The van der Waals surface area contributed by atoms with E-state index in [-0.39, 0.29) is 5.91 Å². The number of nitrogens with one attached hydrogen (secondary N) is 3. The Hall–Kier alpha value is -1.86. The minimum absolute atomic E-state index is 0.0448. The number of amides is 1. The van der Waals surface area contributed by atoms with Crippen molar-refractivity contribution in [1.82, 2.24) is 15.5 Å². The van der Waals surface area contributed by atoms with Crippen LogP contribution in [0.25, 0.3) is 0 Å². The maximum atomic E-state index is 12.5. The van der Waals surface area contributed by atoms with Gasteiger partial charge in [0.15, 0.2) is 5.11 Å². The van der Waals surface area contributed by atoms with Gasteiger partial charge in [0.2, 0.25) is 5.91 Å². The molecule has 32 heavy (non-hydrogen) atoms. The second kappa shape index (κ2) is 11.8. The molecule has 0 saturated carbocycles. The summed E-state index contributed by atoms with van der Waals surface area (Å²) in [7, 11) is 0. The number of piperidine rings is 1. The third kappa shape index (κ3) is 7.62. The minimum Gasteiger partial charge on any atom is -0.354 e. The van der Waals surface area contributed by atoms with Gasteiger partial charge in [-0.2, -0.15) is 0 Å². The number of benzene rings is 2. The van der Waals surface area contributed by atoms with Gasteiger partial charge in [0.05, 0.1) is 10.0 Å². The monoisotopic (exact) mass is 492 g/mol. The fraction of sp³-hybridized carbons (Fsp3) is 0.417. The second-order valence-corrected chi connectivity index (χ2v) is 9.63. The molecule has 5 nitrogen and oxygen atoms in total. The molecule has 0 bridgehead atoms. The predicted molar refractivity (Wildman–Crippen MR) is 137 cm³/mol. The lowest BCUT2D eigenvalue weighted by molar-refractivity contribution is -0.122. The Morgan fingerprint density at radius 1 is 1.16 bits per heavy atom. The van der Waals surface area contributed by atoms with Crippen LogP contribution in [0.3, 0.4) is 0 Å². The van der Waals surface area contributed by atoms with Crippen LogP contribution in [0.5, 0.6) is 0 Å². The van der Waals surface area contributed by atoms with Crippen LogP contribution in [-0.2, 0) is 11.3 Å². The average molecular weight is 494 g/mol. The van der Waals surface area contributed by atoms with Crippen molar-refractivity contribution in [2.24, 2.45) is 5.92 Å². The highest BCUT2D eigenvalue weighted by molar-refractivity contribution is 7.80. The smallest absolute Gasteiger partial charge is 0.242 e. The molecule has 0 spiro atoms. The highest BCUT2D eigenvalue weighted by Gasteiger charge is 2.21. The highest BCUT2D eigenvalue weighted by Crippen LogP contribution is 2.24. The Labute approximate surface area is 205 Å². The Balaban J connectivity index is 1.36. The number of carbonyl (C=O) groups excluding carboxylic acids is 1. The maximum Gasteiger partial charge on any atom is 0.242 e. The van der Waals surface area contributed by atoms with Gasteiger partial charge in [-0.25, -0.2) is 0 Å². The van der Waals surface area contributed by atoms with Gasteiger partial charge < -0.3 is 16.0 Å². The molecule has 1 heterocycles. The molecular weight excluding hydrogens is 463 g/mol. The Morgan fingerprint density at radius 2 is 1.91 bits per heavy atom. The van der Waals surface area contributed by atoms with Crippen LogP contribution in [0, 0.1) is 12.8 Å². The Morgan fingerprint density at radius 3 is 2.59 bits per heavy atom. The van der Waals surface area contributed by atoms with E-state index in [1.54, 1.807) is 0 Å². The highest BCUT2D eigenvalue weighted by atomic mass is 35.5. The zero-order valence-electron chi connectivity index (χ0n) is 18.5. The van der Waals surface area contributed by atoms with Gasteiger partial charge in [-0.1, -0.05) is 41.4 Å². The molecule has 0 aromatic heterocycles. The molecule has 1 atom stereocenters. The fourth-order valence-electron chi connectivity index (χ4n) is 3.80. The van der Waals surface area contributed by atoms with Crippen LogP contribution in [0.2, 0.25) is 10.0 Å². The minimum atomic E-state index is -0.408. The molecular formula is C24H30Cl2N4OS. The normalized spacial score (nSPS) is 15.8. The van der Waals surface area contributed by atoms with Gasteiger partial charge in [0.25, 0.3) is 0 Å². The first kappa shape index (κ1) is 24.8. The molecule has 0 unspecified atom stereocenters. The van der Waals surface area contributed by atoms with Crippen molar-refractivity contribution in [2.75, 3.05) is 25.0 Å². The van der Waals surface area contributed by atoms with Crippen molar-refractivity contribution in [3.05, 3.63) is 63.6 Å². The number of carbonyl (C=O) groups is 1. The van der Waals surface area contributed by atoms with Crippen molar-refractivity contribution in [3.8, 4) is 0 Å². The summed E-state index contributed by atoms with van der Waals surface area (Å²) in [5.74, 6) is 0.435. The van der Waals surface area contributed by atoms with Gasteiger partial charge >= 0.3 is 0 Å². The predicted octanol–water partition coefficient (Wildman–Crippen LogP) is 5.01. The van der Waals surface area contributed by atoms with E-state index in [4.69, 9.17) is 35.4 Å². The van der Waals surface area contributed by atoms with Crippen LogP contribution in [-0.4, -0.2) is 41.6 Å². The zero-order chi connectivity index (χ0) is 23.1. The van der Waals surface area contributed by atoms with E-state index < -0.39 is 6.04 Å². The van der Waals surface area contributed by atoms with E-state index in [2.05, 4.69) is 20.9 Å². The van der Waals surface area contributed by atoms with Gasteiger partial charge in [0, 0.05) is 18.8 Å². The number of nitrogens with zero attached hydrogens (tertiary/aromatic N) is 1. The summed E-state index contributed by atoms with van der Waals surface area (Å²) < 4.78 is 0. The van der Waals surface area contributed by atoms with Crippen LogP contribution >= 0.6 is 35.4 Å². The second-order valence-electron chi connectivity index (χ2n) is 8.40. The molecule has 2 aromatic rings. The van der Waals surface area contributed by atoms with Crippen molar-refractivity contribution >= 4 is 52.1 Å². The standard InChI is InChI=1S/C24H30Cl2N4OS/c1-16-4-3-5-20(12-16)29-24(32)28-17(2)23(31)27-14-18-8-10-30(11-9-18)15-19-6-7-21(25)22(26)13-19/h3-7,12-13,17-18H,8-11,14-15H2,1-2H3,(H,27,31)(H2,28,29,32)/t17-/m0/s1. The van der Waals surface area contributed by atoms with E-state index in [1.165, 1.54) is 5.56 Å². The molecule has 0 radical (unpaired) electrons. The molecule has 1 aliphatic rings. The van der Waals surface area contributed by atoms with E-state index in [1.807, 2.05) is 56.3 Å². The molecule has 3 N–H and O–H groups in total. The van der Waals surface area contributed by atoms with E-state index in [0.717, 1.165) is 43.7 Å². The van der Waals surface area contributed by atoms with E-state index >= 15 is 0 Å². The summed E-state index contributed by atoms with van der Waals surface area (Å²) in [6.07, 6.45) is 2.10. The SMILES string of the molecule is Cc1cccc(NC(=S)N[C@@H](C)C(=O)NCC2CCN(Cc3ccc(Cl)c(Cl)c3)CC2)c1. The molecule has 1 fully saturated rings. The first-order valence-electron chi connectivity index (χ1n) is 10.9. The topological polar surface area (TPSA) is 56.4 Å². The largest absolute Gasteiger partial charge is 0.354 e. The van der Waals surface area contributed by atoms with Gasteiger partial charge in [0.1, 0.15) is 6.04 Å². The maximum absolute atomic E-state index is 12.5. The number of hydrogen-bond acceptors (Lipinski definition) is 3. The van der Waals surface area contributed by atoms with Crippen molar-refractivity contribution in [3.63, 3.8) is 0 Å². The number of anilines is 1. The fourth-order valence-corrected chi connectivity index (χ4v) is 4.41. The number of aryl methyl sites for hydroxylation is 1. The summed E-state index contributed by atoms with van der Waals surface area (Å²) in [6.45, 7) is 7.39. The quantitative estimate of drug-likeness (QED) is 0.474. The molecule has 0 aliphatic carbocycles. The van der Waals surface area contributed by atoms with E-state index in [0.29, 0.717) is 27.6 Å². The van der Waals surface area contributed by atoms with Crippen LogP contribution in [0.4, 0.5) is 5.69 Å².